The second-order valence-corrected chi connectivity index (χ2v) is 7.85. The van der Waals surface area contributed by atoms with E-state index in [1.165, 1.54) is 5.56 Å². The van der Waals surface area contributed by atoms with E-state index in [2.05, 4.69) is 16.8 Å². The fraction of sp³-hybridized carbons (Fsp3) is 0.353. The van der Waals surface area contributed by atoms with Gasteiger partial charge in [-0.15, -0.1) is 0 Å². The summed E-state index contributed by atoms with van der Waals surface area (Å²) >= 11 is 1.67. The van der Waals surface area contributed by atoms with Gasteiger partial charge in [0.1, 0.15) is 0 Å². The highest BCUT2D eigenvalue weighted by atomic mass is 32.2. The minimum atomic E-state index is -0.895. The molecule has 2 aromatic rings. The van der Waals surface area contributed by atoms with Crippen molar-refractivity contribution in [1.82, 2.24) is 4.90 Å². The number of carbonyl (C=O) groups is 1. The van der Waals surface area contributed by atoms with Crippen molar-refractivity contribution in [3.05, 3.63) is 57.8 Å². The van der Waals surface area contributed by atoms with E-state index in [-0.39, 0.29) is 11.9 Å². The first-order valence-electron chi connectivity index (χ1n) is 7.37. The number of hydrogen-bond donors (Lipinski definition) is 0. The van der Waals surface area contributed by atoms with Crippen molar-refractivity contribution in [2.24, 2.45) is 0 Å². The highest BCUT2D eigenvalue weighted by molar-refractivity contribution is 7.83. The quantitative estimate of drug-likeness (QED) is 0.857. The summed E-state index contributed by atoms with van der Waals surface area (Å²) in [4.78, 5) is 14.8. The Labute approximate surface area is 137 Å². The molecule has 116 valence electrons. The van der Waals surface area contributed by atoms with Crippen LogP contribution in [0.4, 0.5) is 0 Å². The number of thiophene rings is 1. The number of likely N-dealkylation sites (tertiary alicyclic amines) is 1. The third kappa shape index (κ3) is 3.31. The van der Waals surface area contributed by atoms with Crippen LogP contribution >= 0.6 is 11.3 Å². The van der Waals surface area contributed by atoms with Gasteiger partial charge in [0.15, 0.2) is 0 Å². The van der Waals surface area contributed by atoms with Crippen molar-refractivity contribution < 1.29 is 9.00 Å². The zero-order valence-corrected chi connectivity index (χ0v) is 14.2. The molecule has 22 heavy (non-hydrogen) atoms. The molecule has 3 rings (SSSR count). The van der Waals surface area contributed by atoms with E-state index < -0.39 is 10.8 Å². The van der Waals surface area contributed by atoms with Crippen molar-refractivity contribution in [1.29, 1.82) is 0 Å². The molecule has 1 fully saturated rings. The number of rotatable bonds is 4. The third-order valence-corrected chi connectivity index (χ3v) is 5.43. The Morgan fingerprint density at radius 3 is 3.00 bits per heavy atom. The lowest BCUT2D eigenvalue weighted by Crippen LogP contribution is -2.30. The van der Waals surface area contributed by atoms with Crippen LogP contribution in [0, 0.1) is 0 Å². The molecule has 0 saturated carbocycles. The van der Waals surface area contributed by atoms with Crippen LogP contribution in [0.15, 0.2) is 41.1 Å². The van der Waals surface area contributed by atoms with E-state index in [1.807, 2.05) is 29.2 Å². The molecular weight excluding hydrogens is 314 g/mol. The molecule has 3 nitrogen and oxygen atoms in total. The van der Waals surface area contributed by atoms with E-state index >= 15 is 0 Å². The van der Waals surface area contributed by atoms with Crippen molar-refractivity contribution in [2.75, 3.05) is 12.8 Å². The number of amides is 1. The van der Waals surface area contributed by atoms with Crippen LogP contribution in [-0.2, 0) is 16.6 Å². The van der Waals surface area contributed by atoms with Gasteiger partial charge in [0, 0.05) is 34.9 Å². The summed E-state index contributed by atoms with van der Waals surface area (Å²) in [6.07, 6.45) is 3.76. The molecule has 2 atom stereocenters. The van der Waals surface area contributed by atoms with Crippen LogP contribution in [-0.4, -0.2) is 27.8 Å². The van der Waals surface area contributed by atoms with Gasteiger partial charge in [-0.05, 0) is 52.9 Å². The zero-order valence-electron chi connectivity index (χ0n) is 12.5. The van der Waals surface area contributed by atoms with Crippen LogP contribution in [0.5, 0.6) is 0 Å². The first kappa shape index (κ1) is 15.4. The normalized spacial score (nSPS) is 19.3. The summed E-state index contributed by atoms with van der Waals surface area (Å²) in [5, 5.41) is 4.19. The van der Waals surface area contributed by atoms with Crippen molar-refractivity contribution in [2.45, 2.75) is 24.6 Å². The summed E-state index contributed by atoms with van der Waals surface area (Å²) in [5.41, 5.74) is 2.89. The molecule has 1 aliphatic rings. The molecule has 1 aromatic carbocycles. The molecular formula is C17H19NO2S2. The molecule has 0 unspecified atom stereocenters. The Balaban J connectivity index is 1.82. The molecule has 1 amide bonds. The van der Waals surface area contributed by atoms with Gasteiger partial charge in [-0.1, -0.05) is 12.1 Å². The summed E-state index contributed by atoms with van der Waals surface area (Å²) in [6, 6.07) is 9.85. The van der Waals surface area contributed by atoms with Crippen LogP contribution in [0.2, 0.25) is 0 Å². The number of hydrogen-bond acceptors (Lipinski definition) is 3. The van der Waals surface area contributed by atoms with Crippen molar-refractivity contribution >= 4 is 28.0 Å². The fourth-order valence-electron chi connectivity index (χ4n) is 3.02. The minimum Gasteiger partial charge on any atom is -0.332 e. The zero-order chi connectivity index (χ0) is 15.5. The number of carbonyl (C=O) groups excluding carboxylic acids is 1. The smallest absolute Gasteiger partial charge is 0.254 e. The average Bonchev–Trinajstić information content (AvgIpc) is 3.16. The van der Waals surface area contributed by atoms with E-state index in [9.17, 15) is 9.00 Å². The highest BCUT2D eigenvalue weighted by Gasteiger charge is 2.30. The van der Waals surface area contributed by atoms with Crippen LogP contribution in [0.3, 0.4) is 0 Å². The summed E-state index contributed by atoms with van der Waals surface area (Å²) in [6.45, 7) is 0.809. The van der Waals surface area contributed by atoms with Crippen molar-refractivity contribution in [3.8, 4) is 0 Å². The fourth-order valence-corrected chi connectivity index (χ4v) is 4.37. The Kier molecular flexibility index (Phi) is 4.74. The maximum Gasteiger partial charge on any atom is 0.254 e. The van der Waals surface area contributed by atoms with Gasteiger partial charge in [0.25, 0.3) is 5.91 Å². The van der Waals surface area contributed by atoms with E-state index in [1.54, 1.807) is 17.6 Å². The molecule has 0 bridgehead atoms. The highest BCUT2D eigenvalue weighted by Crippen LogP contribution is 2.34. The Morgan fingerprint density at radius 2 is 2.27 bits per heavy atom. The largest absolute Gasteiger partial charge is 0.332 e. The van der Waals surface area contributed by atoms with E-state index in [0.29, 0.717) is 11.3 Å². The summed E-state index contributed by atoms with van der Waals surface area (Å²) in [5.74, 6) is 0.576. The average molecular weight is 333 g/mol. The van der Waals surface area contributed by atoms with Gasteiger partial charge in [0.05, 0.1) is 6.04 Å². The van der Waals surface area contributed by atoms with Gasteiger partial charge >= 0.3 is 0 Å². The lowest BCUT2D eigenvalue weighted by molar-refractivity contribution is 0.0736. The molecule has 1 aliphatic heterocycles. The second kappa shape index (κ2) is 6.75. The first-order chi connectivity index (χ1) is 10.6. The van der Waals surface area contributed by atoms with Gasteiger partial charge in [0.2, 0.25) is 0 Å². The third-order valence-electron chi connectivity index (χ3n) is 3.99. The SMILES string of the molecule is C[S@@](=O)Cc1cccc(C(=O)N2CCC[C@@H]2c2ccsc2)c1. The molecule has 2 heterocycles. The monoisotopic (exact) mass is 333 g/mol. The van der Waals surface area contributed by atoms with E-state index in [0.717, 1.165) is 24.9 Å². The molecule has 0 spiro atoms. The molecule has 0 N–H and O–H groups in total. The standard InChI is InChI=1S/C17H19NO2S2/c1-22(20)12-13-4-2-5-14(10-13)17(19)18-8-3-6-16(18)15-7-9-21-11-15/h2,4-5,7,9-11,16H,3,6,8,12H2,1H3/t16-,22-/m1/s1. The van der Waals surface area contributed by atoms with Gasteiger partial charge < -0.3 is 4.90 Å². The molecule has 0 aliphatic carbocycles. The van der Waals surface area contributed by atoms with E-state index in [4.69, 9.17) is 0 Å². The maximum atomic E-state index is 12.8. The molecule has 1 aromatic heterocycles. The molecule has 1 saturated heterocycles. The second-order valence-electron chi connectivity index (χ2n) is 5.63. The lowest BCUT2D eigenvalue weighted by Gasteiger charge is -2.24. The number of nitrogens with zero attached hydrogens (tertiary/aromatic N) is 1. The number of benzene rings is 1. The van der Waals surface area contributed by atoms with Crippen LogP contribution in [0.1, 0.15) is 40.4 Å². The summed E-state index contributed by atoms with van der Waals surface area (Å²) < 4.78 is 11.4. The topological polar surface area (TPSA) is 37.4 Å². The van der Waals surface area contributed by atoms with Gasteiger partial charge in [-0.25, -0.2) is 0 Å². The predicted octanol–water partition coefficient (Wildman–Crippen LogP) is 3.60. The first-order valence-corrected chi connectivity index (χ1v) is 10.0. The van der Waals surface area contributed by atoms with Crippen LogP contribution < -0.4 is 0 Å². The molecule has 5 heteroatoms. The lowest BCUT2D eigenvalue weighted by atomic mass is 10.1. The van der Waals surface area contributed by atoms with Crippen molar-refractivity contribution in [3.63, 3.8) is 0 Å². The molecule has 0 radical (unpaired) electrons. The predicted molar refractivity (Wildman–Crippen MR) is 91.5 cm³/mol. The minimum absolute atomic E-state index is 0.0810. The Hall–Kier alpha value is -1.46. The van der Waals surface area contributed by atoms with Crippen LogP contribution in [0.25, 0.3) is 0 Å². The Bertz CT molecular complexity index is 682. The van der Waals surface area contributed by atoms with Gasteiger partial charge in [-0.2, -0.15) is 11.3 Å². The summed E-state index contributed by atoms with van der Waals surface area (Å²) in [7, 11) is -0.895. The van der Waals surface area contributed by atoms with Gasteiger partial charge in [-0.3, -0.25) is 9.00 Å². The maximum absolute atomic E-state index is 12.8. The Morgan fingerprint density at radius 1 is 1.41 bits per heavy atom.